The number of β-amino-alcohol motifs (C(OH)–C–C–N with tert-alkyl or cyclic N) is 1. The molecule has 204 valence electrons. The second kappa shape index (κ2) is 10.8. The molecule has 2 aliphatic heterocycles. The number of nitrogens with one attached hydrogen (secondary N) is 1. The van der Waals surface area contributed by atoms with E-state index in [0.717, 1.165) is 21.7 Å². The van der Waals surface area contributed by atoms with Gasteiger partial charge in [0.2, 0.25) is 11.8 Å². The number of benzene rings is 2. The predicted octanol–water partition coefficient (Wildman–Crippen LogP) is 3.08. The number of aryl methyl sites for hydroxylation is 1. The summed E-state index contributed by atoms with van der Waals surface area (Å²) < 4.78 is 0. The zero-order chi connectivity index (χ0) is 27.8. The number of hydrogen-bond acceptors (Lipinski definition) is 7. The molecule has 3 N–H and O–H groups in total. The molecule has 9 nitrogen and oxygen atoms in total. The fraction of sp³-hybridized carbons (Fsp3) is 0.379. The molecular weight excluding hydrogens is 516 g/mol. The van der Waals surface area contributed by atoms with Crippen LogP contribution >= 0.6 is 11.3 Å². The SMILES string of the molecule is Cc1ncsc1-c1ccc(CNC(=O)C2CC(O)CN2C(=O)[C@H](C(C)C)N2Cc3ccccc3C2=O)c(O)c1. The van der Waals surface area contributed by atoms with Gasteiger partial charge in [-0.05, 0) is 36.1 Å². The molecule has 0 bridgehead atoms. The van der Waals surface area contributed by atoms with Gasteiger partial charge in [0.1, 0.15) is 17.8 Å². The normalized spacial score (nSPS) is 19.5. The maximum atomic E-state index is 13.8. The second-order valence-corrected chi connectivity index (χ2v) is 11.4. The number of carbonyl (C=O) groups excluding carboxylic acids is 3. The Morgan fingerprint density at radius 2 is 1.97 bits per heavy atom. The molecule has 0 saturated carbocycles. The van der Waals surface area contributed by atoms with E-state index in [4.69, 9.17) is 0 Å². The van der Waals surface area contributed by atoms with E-state index in [1.807, 2.05) is 39.0 Å². The molecule has 1 saturated heterocycles. The summed E-state index contributed by atoms with van der Waals surface area (Å²) in [7, 11) is 0. The Balaban J connectivity index is 1.29. The molecule has 3 aromatic rings. The highest BCUT2D eigenvalue weighted by Gasteiger charge is 2.45. The Bertz CT molecular complexity index is 1420. The standard InChI is InChI=1S/C29H32N4O5S/c1-16(2)25(33-13-20-6-4-5-7-22(20)28(33)37)29(38)32-14-21(34)11-23(32)27(36)30-12-19-9-8-18(10-24(19)35)26-17(3)31-15-39-26/h4-10,15-16,21,23,25,34-35H,11-14H2,1-3H3,(H,30,36)/t21?,23?,25-/m0/s1. The van der Waals surface area contributed by atoms with Gasteiger partial charge in [-0.2, -0.15) is 0 Å². The molecule has 1 fully saturated rings. The Morgan fingerprint density at radius 3 is 2.64 bits per heavy atom. The molecule has 2 aliphatic rings. The lowest BCUT2D eigenvalue weighted by atomic mass is 10.0. The fourth-order valence-electron chi connectivity index (χ4n) is 5.49. The number of fused-ring (bicyclic) bond motifs is 1. The third-order valence-corrected chi connectivity index (χ3v) is 8.46. The van der Waals surface area contributed by atoms with E-state index >= 15 is 0 Å². The highest BCUT2D eigenvalue weighted by molar-refractivity contribution is 7.13. The first-order chi connectivity index (χ1) is 18.7. The van der Waals surface area contributed by atoms with Gasteiger partial charge in [-0.1, -0.05) is 44.2 Å². The number of aromatic hydroxyl groups is 1. The van der Waals surface area contributed by atoms with Gasteiger partial charge < -0.3 is 25.3 Å². The van der Waals surface area contributed by atoms with Gasteiger partial charge >= 0.3 is 0 Å². The van der Waals surface area contributed by atoms with Crippen molar-refractivity contribution in [3.05, 3.63) is 70.4 Å². The van der Waals surface area contributed by atoms with Crippen LogP contribution in [0.5, 0.6) is 5.75 Å². The summed E-state index contributed by atoms with van der Waals surface area (Å²) in [5, 5.41) is 23.8. The molecule has 0 radical (unpaired) electrons. The summed E-state index contributed by atoms with van der Waals surface area (Å²) in [4.78, 5) is 48.4. The summed E-state index contributed by atoms with van der Waals surface area (Å²) in [6.07, 6.45) is -0.745. The van der Waals surface area contributed by atoms with E-state index in [1.54, 1.807) is 34.7 Å². The first-order valence-electron chi connectivity index (χ1n) is 13.0. The van der Waals surface area contributed by atoms with Gasteiger partial charge in [0, 0.05) is 37.2 Å². The molecule has 1 aromatic heterocycles. The topological polar surface area (TPSA) is 123 Å². The molecule has 39 heavy (non-hydrogen) atoms. The van der Waals surface area contributed by atoms with Crippen LogP contribution in [-0.4, -0.2) is 67.5 Å². The lowest BCUT2D eigenvalue weighted by Gasteiger charge is -2.35. The minimum absolute atomic E-state index is 0.0171. The van der Waals surface area contributed by atoms with Crippen molar-refractivity contribution in [1.82, 2.24) is 20.1 Å². The van der Waals surface area contributed by atoms with Crippen molar-refractivity contribution in [3.63, 3.8) is 0 Å². The third kappa shape index (κ3) is 5.14. The zero-order valence-electron chi connectivity index (χ0n) is 22.1. The number of nitrogens with zero attached hydrogens (tertiary/aromatic N) is 3. The van der Waals surface area contributed by atoms with E-state index in [9.17, 15) is 24.6 Å². The highest BCUT2D eigenvalue weighted by atomic mass is 32.1. The molecule has 10 heteroatoms. The maximum Gasteiger partial charge on any atom is 0.255 e. The van der Waals surface area contributed by atoms with Crippen LogP contribution in [-0.2, 0) is 22.7 Å². The number of aliphatic hydroxyl groups is 1. The average Bonchev–Trinajstić information content (AvgIpc) is 3.60. The van der Waals surface area contributed by atoms with Crippen LogP contribution in [0, 0.1) is 12.8 Å². The molecule has 5 rings (SSSR count). The monoisotopic (exact) mass is 548 g/mol. The Labute approximate surface area is 231 Å². The van der Waals surface area contributed by atoms with Crippen LogP contribution in [0.1, 0.15) is 47.4 Å². The number of hydrogen-bond donors (Lipinski definition) is 3. The quantitative estimate of drug-likeness (QED) is 0.417. The van der Waals surface area contributed by atoms with E-state index in [2.05, 4.69) is 10.3 Å². The molecule has 3 heterocycles. The molecule has 0 spiro atoms. The van der Waals surface area contributed by atoms with Gasteiger partial charge in [0.15, 0.2) is 0 Å². The Hall–Kier alpha value is -3.76. The first-order valence-corrected chi connectivity index (χ1v) is 13.9. The summed E-state index contributed by atoms with van der Waals surface area (Å²) in [5.41, 5.74) is 5.46. The summed E-state index contributed by atoms with van der Waals surface area (Å²) in [6.45, 7) is 6.06. The van der Waals surface area contributed by atoms with Crippen molar-refractivity contribution in [3.8, 4) is 16.2 Å². The molecule has 2 aromatic carbocycles. The van der Waals surface area contributed by atoms with E-state index in [1.165, 1.54) is 16.2 Å². The van der Waals surface area contributed by atoms with Crippen molar-refractivity contribution in [2.75, 3.05) is 6.54 Å². The van der Waals surface area contributed by atoms with E-state index in [-0.39, 0.29) is 43.0 Å². The average molecular weight is 549 g/mol. The van der Waals surface area contributed by atoms with Gasteiger partial charge in [-0.3, -0.25) is 14.4 Å². The van der Waals surface area contributed by atoms with Crippen molar-refractivity contribution in [1.29, 1.82) is 0 Å². The third-order valence-electron chi connectivity index (χ3n) is 7.48. The summed E-state index contributed by atoms with van der Waals surface area (Å²) in [5.74, 6) is -1.12. The van der Waals surface area contributed by atoms with E-state index < -0.39 is 24.1 Å². The number of rotatable bonds is 7. The van der Waals surface area contributed by atoms with Crippen molar-refractivity contribution in [2.24, 2.45) is 5.92 Å². The van der Waals surface area contributed by atoms with Crippen molar-refractivity contribution >= 4 is 29.1 Å². The fourth-order valence-corrected chi connectivity index (χ4v) is 6.29. The number of likely N-dealkylation sites (tertiary alicyclic amines) is 1. The Morgan fingerprint density at radius 1 is 1.21 bits per heavy atom. The van der Waals surface area contributed by atoms with Crippen LogP contribution in [0.15, 0.2) is 48.0 Å². The molecular formula is C29H32N4O5S. The lowest BCUT2D eigenvalue weighted by molar-refractivity contribution is -0.143. The van der Waals surface area contributed by atoms with Crippen LogP contribution in [0.25, 0.3) is 10.4 Å². The van der Waals surface area contributed by atoms with Crippen LogP contribution < -0.4 is 5.32 Å². The number of aliphatic hydroxyl groups excluding tert-OH is 1. The largest absolute Gasteiger partial charge is 0.508 e. The zero-order valence-corrected chi connectivity index (χ0v) is 22.9. The molecule has 2 unspecified atom stereocenters. The summed E-state index contributed by atoms with van der Waals surface area (Å²) >= 11 is 1.49. The number of aromatic nitrogens is 1. The van der Waals surface area contributed by atoms with Crippen molar-refractivity contribution in [2.45, 2.75) is 58.5 Å². The van der Waals surface area contributed by atoms with Gasteiger partial charge in [0.05, 0.1) is 22.2 Å². The number of thiazole rings is 1. The smallest absolute Gasteiger partial charge is 0.255 e. The van der Waals surface area contributed by atoms with Gasteiger partial charge in [-0.25, -0.2) is 4.98 Å². The highest BCUT2D eigenvalue weighted by Crippen LogP contribution is 2.32. The number of carbonyl (C=O) groups is 3. The summed E-state index contributed by atoms with van der Waals surface area (Å²) in [6, 6.07) is 10.9. The van der Waals surface area contributed by atoms with Crippen LogP contribution in [0.3, 0.4) is 0 Å². The minimum atomic E-state index is -0.880. The van der Waals surface area contributed by atoms with E-state index in [0.29, 0.717) is 17.7 Å². The van der Waals surface area contributed by atoms with Crippen LogP contribution in [0.2, 0.25) is 0 Å². The van der Waals surface area contributed by atoms with Gasteiger partial charge in [0.25, 0.3) is 5.91 Å². The molecule has 0 aliphatic carbocycles. The van der Waals surface area contributed by atoms with Crippen molar-refractivity contribution < 1.29 is 24.6 Å². The minimum Gasteiger partial charge on any atom is -0.508 e. The molecule has 3 amide bonds. The Kier molecular flexibility index (Phi) is 7.42. The number of phenols is 1. The first kappa shape index (κ1) is 26.8. The number of amides is 3. The van der Waals surface area contributed by atoms with Crippen LogP contribution in [0.4, 0.5) is 0 Å². The maximum absolute atomic E-state index is 13.8. The number of phenolic OH excluding ortho intramolecular Hbond substituents is 1. The predicted molar refractivity (Wildman–Crippen MR) is 147 cm³/mol. The lowest BCUT2D eigenvalue weighted by Crippen LogP contribution is -2.55. The van der Waals surface area contributed by atoms with Gasteiger partial charge in [-0.15, -0.1) is 11.3 Å². The second-order valence-electron chi connectivity index (χ2n) is 10.5. The molecule has 3 atom stereocenters.